The number of halogens is 1. The third-order valence-electron chi connectivity index (χ3n) is 4.97. The molecule has 0 aliphatic heterocycles. The fraction of sp³-hybridized carbons (Fsp3) is 0.692. The highest BCUT2D eigenvalue weighted by Gasteiger charge is 2.67. The van der Waals surface area contributed by atoms with Crippen LogP contribution in [0.2, 0.25) is 0 Å². The number of ether oxygens (including phenoxy) is 1. The maximum absolute atomic E-state index is 12.5. The molecule has 2 bridgehead atoms. The van der Waals surface area contributed by atoms with Gasteiger partial charge in [-0.1, -0.05) is 29.8 Å². The number of allylic oxidation sites excluding steroid dienone is 1. The van der Waals surface area contributed by atoms with Crippen molar-refractivity contribution in [3.8, 4) is 0 Å². The predicted octanol–water partition coefficient (Wildman–Crippen LogP) is 2.37. The van der Waals surface area contributed by atoms with Crippen LogP contribution in [0.3, 0.4) is 0 Å². The van der Waals surface area contributed by atoms with E-state index in [1.54, 1.807) is 0 Å². The highest BCUT2D eigenvalue weighted by Crippen LogP contribution is 2.66. The minimum atomic E-state index is -0.827. The third-order valence-corrected chi connectivity index (χ3v) is 6.13. The molecule has 2 aliphatic rings. The fourth-order valence-electron chi connectivity index (χ4n) is 3.43. The number of alkyl halides is 1. The Bertz CT molecular complexity index is 456. The Kier molecular flexibility index (Phi) is 3.08. The Hall–Kier alpha value is -0.840. The SMILES string of the molecule is COC(=O)/C(O)=C1/C(=O)[C@]2(C)CC[C@@H]1[C@@]2(C)CBr. The molecule has 2 saturated carbocycles. The van der Waals surface area contributed by atoms with Crippen molar-refractivity contribution in [3.05, 3.63) is 11.3 Å². The first kappa shape index (κ1) is 13.6. The molecule has 0 heterocycles. The number of ketones is 1. The number of carbonyl (C=O) groups excluding carboxylic acids is 2. The van der Waals surface area contributed by atoms with Crippen LogP contribution < -0.4 is 0 Å². The van der Waals surface area contributed by atoms with Gasteiger partial charge in [-0.15, -0.1) is 0 Å². The van der Waals surface area contributed by atoms with E-state index >= 15 is 0 Å². The molecular formula is C13H17BrO4. The van der Waals surface area contributed by atoms with Crippen molar-refractivity contribution in [2.45, 2.75) is 26.7 Å². The van der Waals surface area contributed by atoms with Crippen molar-refractivity contribution >= 4 is 27.7 Å². The van der Waals surface area contributed by atoms with Crippen molar-refractivity contribution in [1.82, 2.24) is 0 Å². The number of aliphatic hydroxyl groups excluding tert-OH is 1. The lowest BCUT2D eigenvalue weighted by Gasteiger charge is -2.34. The molecule has 0 aromatic carbocycles. The minimum Gasteiger partial charge on any atom is -0.502 e. The van der Waals surface area contributed by atoms with Gasteiger partial charge in [-0.05, 0) is 24.2 Å². The van der Waals surface area contributed by atoms with Gasteiger partial charge in [0.25, 0.3) is 0 Å². The molecule has 2 fully saturated rings. The van der Waals surface area contributed by atoms with E-state index in [-0.39, 0.29) is 22.7 Å². The normalized spacial score (nSPS) is 41.1. The van der Waals surface area contributed by atoms with Crippen LogP contribution in [0.25, 0.3) is 0 Å². The summed E-state index contributed by atoms with van der Waals surface area (Å²) in [5, 5.41) is 10.6. The van der Waals surface area contributed by atoms with Gasteiger partial charge in [-0.25, -0.2) is 4.79 Å². The maximum Gasteiger partial charge on any atom is 0.373 e. The summed E-state index contributed by atoms with van der Waals surface area (Å²) in [6.45, 7) is 3.96. The predicted molar refractivity (Wildman–Crippen MR) is 69.4 cm³/mol. The fourth-order valence-corrected chi connectivity index (χ4v) is 4.44. The van der Waals surface area contributed by atoms with Crippen molar-refractivity contribution < 1.29 is 19.4 Å². The quantitative estimate of drug-likeness (QED) is 0.368. The molecule has 2 rings (SSSR count). The van der Waals surface area contributed by atoms with Gasteiger partial charge in [0.2, 0.25) is 5.76 Å². The number of aliphatic hydroxyl groups is 1. The number of hydrogen-bond acceptors (Lipinski definition) is 4. The maximum atomic E-state index is 12.5. The second-order valence-electron chi connectivity index (χ2n) is 5.56. The Labute approximate surface area is 115 Å². The molecule has 0 unspecified atom stereocenters. The van der Waals surface area contributed by atoms with Gasteiger partial charge < -0.3 is 9.84 Å². The molecule has 18 heavy (non-hydrogen) atoms. The summed E-state index contributed by atoms with van der Waals surface area (Å²) in [7, 11) is 1.20. The van der Waals surface area contributed by atoms with Gasteiger partial charge in [0.15, 0.2) is 5.78 Å². The summed E-state index contributed by atoms with van der Waals surface area (Å²) in [5.41, 5.74) is -0.488. The zero-order chi connectivity index (χ0) is 13.7. The smallest absolute Gasteiger partial charge is 0.373 e. The molecule has 0 aromatic rings. The Morgan fingerprint density at radius 3 is 2.61 bits per heavy atom. The lowest BCUT2D eigenvalue weighted by molar-refractivity contribution is -0.139. The van der Waals surface area contributed by atoms with Crippen LogP contribution in [0.4, 0.5) is 0 Å². The molecule has 4 nitrogen and oxygen atoms in total. The first-order valence-electron chi connectivity index (χ1n) is 5.95. The molecule has 5 heteroatoms. The van der Waals surface area contributed by atoms with Crippen molar-refractivity contribution in [3.63, 3.8) is 0 Å². The largest absolute Gasteiger partial charge is 0.502 e. The third kappa shape index (κ3) is 1.37. The first-order chi connectivity index (χ1) is 8.33. The number of carbonyl (C=O) groups is 2. The zero-order valence-electron chi connectivity index (χ0n) is 10.7. The highest BCUT2D eigenvalue weighted by molar-refractivity contribution is 9.09. The number of fused-ring (bicyclic) bond motifs is 2. The van der Waals surface area contributed by atoms with E-state index in [1.807, 2.05) is 13.8 Å². The van der Waals surface area contributed by atoms with Gasteiger partial charge in [-0.3, -0.25) is 4.79 Å². The van der Waals surface area contributed by atoms with E-state index in [9.17, 15) is 14.7 Å². The van der Waals surface area contributed by atoms with Crippen LogP contribution in [0.1, 0.15) is 26.7 Å². The number of rotatable bonds is 2. The van der Waals surface area contributed by atoms with Gasteiger partial charge in [0.05, 0.1) is 7.11 Å². The molecule has 2 aliphatic carbocycles. The summed E-state index contributed by atoms with van der Waals surface area (Å²) in [5.74, 6) is -1.52. The van der Waals surface area contributed by atoms with E-state index < -0.39 is 17.1 Å². The molecular weight excluding hydrogens is 300 g/mol. The summed E-state index contributed by atoms with van der Waals surface area (Å²) < 4.78 is 4.50. The standard InChI is InChI=1S/C13H17BrO4/c1-12-5-4-7(13(12,2)6-14)8(10(12)16)9(15)11(17)18-3/h7,15H,4-6H2,1-3H3/b9-8-/t7-,12-,13+/m0/s1. The van der Waals surface area contributed by atoms with E-state index in [4.69, 9.17) is 0 Å². The van der Waals surface area contributed by atoms with Crippen LogP contribution in [0.5, 0.6) is 0 Å². The summed E-state index contributed by atoms with van der Waals surface area (Å²) >= 11 is 3.47. The van der Waals surface area contributed by atoms with E-state index in [2.05, 4.69) is 20.7 Å². The van der Waals surface area contributed by atoms with Gasteiger partial charge in [-0.2, -0.15) is 0 Å². The molecule has 0 spiro atoms. The van der Waals surface area contributed by atoms with Crippen molar-refractivity contribution in [2.75, 3.05) is 12.4 Å². The Morgan fingerprint density at radius 2 is 2.17 bits per heavy atom. The summed E-state index contributed by atoms with van der Waals surface area (Å²) in [6, 6.07) is 0. The Balaban J connectivity index is 2.57. The minimum absolute atomic E-state index is 0.0755. The van der Waals surface area contributed by atoms with E-state index in [1.165, 1.54) is 7.11 Å². The van der Waals surface area contributed by atoms with Crippen LogP contribution in [-0.2, 0) is 14.3 Å². The van der Waals surface area contributed by atoms with E-state index in [0.717, 1.165) is 12.8 Å². The topological polar surface area (TPSA) is 63.6 Å². The zero-order valence-corrected chi connectivity index (χ0v) is 12.3. The van der Waals surface area contributed by atoms with Crippen LogP contribution in [0.15, 0.2) is 11.3 Å². The van der Waals surface area contributed by atoms with Crippen molar-refractivity contribution in [1.29, 1.82) is 0 Å². The average Bonchev–Trinajstić information content (AvgIpc) is 2.71. The molecule has 3 atom stereocenters. The van der Waals surface area contributed by atoms with E-state index in [0.29, 0.717) is 5.33 Å². The average molecular weight is 317 g/mol. The summed E-state index contributed by atoms with van der Waals surface area (Å²) in [4.78, 5) is 23.9. The second-order valence-corrected chi connectivity index (χ2v) is 6.12. The van der Waals surface area contributed by atoms with Crippen molar-refractivity contribution in [2.24, 2.45) is 16.7 Å². The van der Waals surface area contributed by atoms with Gasteiger partial charge in [0.1, 0.15) is 0 Å². The second kappa shape index (κ2) is 4.08. The first-order valence-corrected chi connectivity index (χ1v) is 7.08. The molecule has 0 amide bonds. The monoisotopic (exact) mass is 316 g/mol. The summed E-state index contributed by atoms with van der Waals surface area (Å²) in [6.07, 6.45) is 1.62. The van der Waals surface area contributed by atoms with Gasteiger partial charge >= 0.3 is 5.97 Å². The molecule has 100 valence electrons. The number of Topliss-reactive ketones (excluding diaryl/α,β-unsaturated/α-hetero) is 1. The van der Waals surface area contributed by atoms with Gasteiger partial charge in [0, 0.05) is 16.3 Å². The van der Waals surface area contributed by atoms with Crippen LogP contribution in [0, 0.1) is 16.7 Å². The van der Waals surface area contributed by atoms with Crippen LogP contribution in [-0.4, -0.2) is 29.3 Å². The van der Waals surface area contributed by atoms with Crippen LogP contribution >= 0.6 is 15.9 Å². The molecule has 1 N–H and O–H groups in total. The molecule has 0 aromatic heterocycles. The molecule has 0 saturated heterocycles. The Morgan fingerprint density at radius 1 is 1.56 bits per heavy atom. The highest BCUT2D eigenvalue weighted by atomic mass is 79.9. The number of methoxy groups -OCH3 is 1. The lowest BCUT2D eigenvalue weighted by Crippen LogP contribution is -2.36. The lowest BCUT2D eigenvalue weighted by atomic mass is 9.70. The molecule has 0 radical (unpaired) electrons. The number of esters is 1. The number of hydrogen-bond donors (Lipinski definition) is 1.